The van der Waals surface area contributed by atoms with E-state index in [1.165, 1.54) is 12.2 Å². The van der Waals surface area contributed by atoms with Crippen LogP contribution in [0.2, 0.25) is 0 Å². The SMILES string of the molecule is CCNC(=O)Cc1ccc(NC2CSCCC2(C)C)cc1. The molecule has 4 heteroatoms. The summed E-state index contributed by atoms with van der Waals surface area (Å²) >= 11 is 2.03. The number of carbonyl (C=O) groups is 1. The largest absolute Gasteiger partial charge is 0.381 e. The van der Waals surface area contributed by atoms with E-state index in [0.717, 1.165) is 17.0 Å². The Morgan fingerprint density at radius 3 is 2.67 bits per heavy atom. The molecule has 1 heterocycles. The van der Waals surface area contributed by atoms with Gasteiger partial charge in [-0.2, -0.15) is 11.8 Å². The summed E-state index contributed by atoms with van der Waals surface area (Å²) in [4.78, 5) is 11.6. The zero-order valence-corrected chi connectivity index (χ0v) is 14.1. The molecule has 1 amide bonds. The minimum atomic E-state index is 0.0861. The molecule has 3 nitrogen and oxygen atoms in total. The number of thioether (sulfide) groups is 1. The molecule has 1 aliphatic heterocycles. The highest BCUT2D eigenvalue weighted by Gasteiger charge is 2.32. The molecule has 1 saturated heterocycles. The monoisotopic (exact) mass is 306 g/mol. The van der Waals surface area contributed by atoms with Crippen molar-refractivity contribution in [3.8, 4) is 0 Å². The first-order valence-electron chi connectivity index (χ1n) is 7.71. The molecule has 0 aromatic heterocycles. The minimum absolute atomic E-state index is 0.0861. The Balaban J connectivity index is 1.94. The van der Waals surface area contributed by atoms with Gasteiger partial charge in [0, 0.05) is 24.0 Å². The molecular formula is C17H26N2OS. The number of rotatable bonds is 5. The lowest BCUT2D eigenvalue weighted by atomic mass is 9.82. The van der Waals surface area contributed by atoms with Gasteiger partial charge in [0.25, 0.3) is 0 Å². The average Bonchev–Trinajstić information content (AvgIpc) is 2.43. The fourth-order valence-corrected chi connectivity index (χ4v) is 4.15. The molecule has 1 aliphatic rings. The van der Waals surface area contributed by atoms with E-state index in [9.17, 15) is 4.79 Å². The predicted molar refractivity (Wildman–Crippen MR) is 92.0 cm³/mol. The zero-order valence-electron chi connectivity index (χ0n) is 13.2. The van der Waals surface area contributed by atoms with Gasteiger partial charge in [-0.25, -0.2) is 0 Å². The highest BCUT2D eigenvalue weighted by Crippen LogP contribution is 2.35. The second-order valence-electron chi connectivity index (χ2n) is 6.34. The Hall–Kier alpha value is -1.16. The lowest BCUT2D eigenvalue weighted by molar-refractivity contribution is -0.120. The molecule has 0 radical (unpaired) electrons. The maximum absolute atomic E-state index is 11.6. The molecule has 1 aromatic rings. The average molecular weight is 306 g/mol. The third kappa shape index (κ3) is 4.67. The summed E-state index contributed by atoms with van der Waals surface area (Å²) in [7, 11) is 0. The van der Waals surface area contributed by atoms with E-state index in [-0.39, 0.29) is 5.91 Å². The number of hydrogen-bond acceptors (Lipinski definition) is 3. The molecule has 1 unspecified atom stereocenters. The summed E-state index contributed by atoms with van der Waals surface area (Å²) in [5, 5.41) is 6.48. The number of hydrogen-bond donors (Lipinski definition) is 2. The van der Waals surface area contributed by atoms with Gasteiger partial charge in [-0.3, -0.25) is 4.79 Å². The molecule has 1 fully saturated rings. The molecule has 0 aliphatic carbocycles. The van der Waals surface area contributed by atoms with Crippen molar-refractivity contribution in [1.29, 1.82) is 0 Å². The third-order valence-corrected chi connectivity index (χ3v) is 5.21. The van der Waals surface area contributed by atoms with E-state index in [1.807, 2.05) is 30.8 Å². The van der Waals surface area contributed by atoms with E-state index >= 15 is 0 Å². The number of carbonyl (C=O) groups excluding carboxylic acids is 1. The lowest BCUT2D eigenvalue weighted by Crippen LogP contribution is -2.41. The van der Waals surface area contributed by atoms with Gasteiger partial charge < -0.3 is 10.6 Å². The topological polar surface area (TPSA) is 41.1 Å². The Morgan fingerprint density at radius 2 is 2.05 bits per heavy atom. The maximum Gasteiger partial charge on any atom is 0.224 e. The number of likely N-dealkylation sites (N-methyl/N-ethyl adjacent to an activating group) is 1. The fourth-order valence-electron chi connectivity index (χ4n) is 2.54. The van der Waals surface area contributed by atoms with Crippen molar-refractivity contribution >= 4 is 23.4 Å². The normalized spacial score (nSPS) is 20.8. The van der Waals surface area contributed by atoms with Crippen molar-refractivity contribution in [2.24, 2.45) is 5.41 Å². The second kappa shape index (κ2) is 7.21. The molecule has 2 rings (SSSR count). The van der Waals surface area contributed by atoms with Crippen LogP contribution < -0.4 is 10.6 Å². The van der Waals surface area contributed by atoms with Crippen LogP contribution in [0.15, 0.2) is 24.3 Å². The van der Waals surface area contributed by atoms with Gasteiger partial charge in [0.2, 0.25) is 5.91 Å². The number of amides is 1. The Bertz CT molecular complexity index is 470. The van der Waals surface area contributed by atoms with Gasteiger partial charge in [-0.1, -0.05) is 26.0 Å². The molecule has 1 atom stereocenters. The van der Waals surface area contributed by atoms with Crippen molar-refractivity contribution < 1.29 is 4.79 Å². The summed E-state index contributed by atoms with van der Waals surface area (Å²) in [6.45, 7) is 7.31. The Labute approximate surface area is 132 Å². The van der Waals surface area contributed by atoms with Crippen molar-refractivity contribution in [3.63, 3.8) is 0 Å². The molecule has 0 spiro atoms. The van der Waals surface area contributed by atoms with Gasteiger partial charge in [0.05, 0.1) is 6.42 Å². The quantitative estimate of drug-likeness (QED) is 0.877. The predicted octanol–water partition coefficient (Wildman–Crippen LogP) is 3.31. The van der Waals surface area contributed by atoms with Gasteiger partial charge >= 0.3 is 0 Å². The molecular weight excluding hydrogens is 280 g/mol. The minimum Gasteiger partial charge on any atom is -0.381 e. The Morgan fingerprint density at radius 1 is 1.33 bits per heavy atom. The summed E-state index contributed by atoms with van der Waals surface area (Å²) < 4.78 is 0. The summed E-state index contributed by atoms with van der Waals surface area (Å²) in [5.74, 6) is 2.51. The summed E-state index contributed by atoms with van der Waals surface area (Å²) in [5.41, 5.74) is 2.55. The van der Waals surface area contributed by atoms with Crippen LogP contribution in [0.25, 0.3) is 0 Å². The number of nitrogens with one attached hydrogen (secondary N) is 2. The van der Waals surface area contributed by atoms with E-state index in [0.29, 0.717) is 24.4 Å². The molecule has 116 valence electrons. The van der Waals surface area contributed by atoms with Crippen LogP contribution in [0.5, 0.6) is 0 Å². The van der Waals surface area contributed by atoms with Crippen molar-refractivity contribution in [1.82, 2.24) is 5.32 Å². The summed E-state index contributed by atoms with van der Waals surface area (Å²) in [6.07, 6.45) is 1.71. The van der Waals surface area contributed by atoms with Gasteiger partial charge in [0.15, 0.2) is 0 Å². The molecule has 0 saturated carbocycles. The third-order valence-electron chi connectivity index (χ3n) is 4.15. The zero-order chi connectivity index (χ0) is 15.3. The molecule has 0 bridgehead atoms. The molecule has 1 aromatic carbocycles. The highest BCUT2D eigenvalue weighted by molar-refractivity contribution is 7.99. The summed E-state index contributed by atoms with van der Waals surface area (Å²) in [6, 6.07) is 8.76. The van der Waals surface area contributed by atoms with Crippen LogP contribution in [-0.4, -0.2) is 30.0 Å². The number of benzene rings is 1. The van der Waals surface area contributed by atoms with E-state index in [2.05, 4.69) is 36.6 Å². The van der Waals surface area contributed by atoms with Crippen molar-refractivity contribution in [3.05, 3.63) is 29.8 Å². The number of anilines is 1. The van der Waals surface area contributed by atoms with Crippen molar-refractivity contribution in [2.75, 3.05) is 23.4 Å². The first-order chi connectivity index (χ1) is 10.0. The Kier molecular flexibility index (Phi) is 5.57. The van der Waals surface area contributed by atoms with Gasteiger partial charge in [0.1, 0.15) is 0 Å². The first kappa shape index (κ1) is 16.2. The van der Waals surface area contributed by atoms with Crippen LogP contribution in [0.1, 0.15) is 32.8 Å². The standard InChI is InChI=1S/C17H26N2OS/c1-4-18-16(20)11-13-5-7-14(8-6-13)19-15-12-21-10-9-17(15,2)3/h5-8,15,19H,4,9-12H2,1-3H3,(H,18,20). The van der Waals surface area contributed by atoms with Crippen LogP contribution in [-0.2, 0) is 11.2 Å². The van der Waals surface area contributed by atoms with Gasteiger partial charge in [-0.15, -0.1) is 0 Å². The molecule has 21 heavy (non-hydrogen) atoms. The van der Waals surface area contributed by atoms with Crippen LogP contribution >= 0.6 is 11.8 Å². The maximum atomic E-state index is 11.6. The molecule has 2 N–H and O–H groups in total. The van der Waals surface area contributed by atoms with E-state index in [1.54, 1.807) is 0 Å². The van der Waals surface area contributed by atoms with E-state index in [4.69, 9.17) is 0 Å². The second-order valence-corrected chi connectivity index (χ2v) is 7.49. The van der Waals surface area contributed by atoms with Crippen molar-refractivity contribution in [2.45, 2.75) is 39.7 Å². The van der Waals surface area contributed by atoms with Crippen LogP contribution in [0, 0.1) is 5.41 Å². The first-order valence-corrected chi connectivity index (χ1v) is 8.86. The van der Waals surface area contributed by atoms with Crippen LogP contribution in [0.3, 0.4) is 0 Å². The smallest absolute Gasteiger partial charge is 0.224 e. The van der Waals surface area contributed by atoms with Crippen LogP contribution in [0.4, 0.5) is 5.69 Å². The van der Waals surface area contributed by atoms with Gasteiger partial charge in [-0.05, 0) is 42.2 Å². The van der Waals surface area contributed by atoms with E-state index < -0.39 is 0 Å². The fraction of sp³-hybridized carbons (Fsp3) is 0.588. The highest BCUT2D eigenvalue weighted by atomic mass is 32.2. The lowest BCUT2D eigenvalue weighted by Gasteiger charge is -2.39.